The molecule has 0 fully saturated rings. The molecule has 0 atom stereocenters. The highest BCUT2D eigenvalue weighted by Gasteiger charge is 2.08. The first-order valence-electron chi connectivity index (χ1n) is 5.50. The summed E-state index contributed by atoms with van der Waals surface area (Å²) in [5.41, 5.74) is 6.57. The topological polar surface area (TPSA) is 68.0 Å². The molecule has 19 heavy (non-hydrogen) atoms. The van der Waals surface area contributed by atoms with Gasteiger partial charge in [0.05, 0.1) is 11.9 Å². The van der Waals surface area contributed by atoms with Gasteiger partial charge in [-0.05, 0) is 11.6 Å². The summed E-state index contributed by atoms with van der Waals surface area (Å²) in [4.78, 5) is 14.9. The third kappa shape index (κ3) is 3.20. The number of rotatable bonds is 4. The van der Waals surface area contributed by atoms with Gasteiger partial charge >= 0.3 is 0 Å². The summed E-state index contributed by atoms with van der Waals surface area (Å²) in [6, 6.07) is 8.24. The van der Waals surface area contributed by atoms with Crippen LogP contribution in [-0.2, 0) is 6.54 Å². The van der Waals surface area contributed by atoms with Crippen LogP contribution in [0.5, 0.6) is 0 Å². The van der Waals surface area contributed by atoms with Crippen molar-refractivity contribution in [1.29, 1.82) is 0 Å². The van der Waals surface area contributed by atoms with Gasteiger partial charge in [0, 0.05) is 18.2 Å². The van der Waals surface area contributed by atoms with E-state index in [1.807, 2.05) is 0 Å². The molecule has 4 nitrogen and oxygen atoms in total. The molecule has 0 aliphatic heterocycles. The maximum atomic E-state index is 13.5. The van der Waals surface area contributed by atoms with Crippen LogP contribution in [0.2, 0.25) is 5.15 Å². The Morgan fingerprint density at radius 1 is 1.42 bits per heavy atom. The van der Waals surface area contributed by atoms with Crippen LogP contribution >= 0.6 is 11.6 Å². The second-order valence-electron chi connectivity index (χ2n) is 3.86. The first-order valence-corrected chi connectivity index (χ1v) is 5.88. The summed E-state index contributed by atoms with van der Waals surface area (Å²) < 4.78 is 13.5. The number of hydrogen-bond acceptors (Lipinski definition) is 3. The van der Waals surface area contributed by atoms with E-state index in [2.05, 4.69) is 10.3 Å². The minimum atomic E-state index is -0.523. The van der Waals surface area contributed by atoms with Gasteiger partial charge in [0.2, 0.25) is 5.91 Å². The first-order chi connectivity index (χ1) is 9.08. The molecule has 0 unspecified atom stereocenters. The number of nitrogens with one attached hydrogen (secondary N) is 1. The van der Waals surface area contributed by atoms with Crippen LogP contribution in [0.15, 0.2) is 36.5 Å². The Hall–Kier alpha value is -2.14. The number of primary amides is 1. The van der Waals surface area contributed by atoms with E-state index in [9.17, 15) is 9.18 Å². The van der Waals surface area contributed by atoms with E-state index in [-0.39, 0.29) is 17.4 Å². The zero-order chi connectivity index (χ0) is 13.8. The smallest absolute Gasteiger partial charge is 0.249 e. The van der Waals surface area contributed by atoms with E-state index in [0.717, 1.165) is 6.20 Å². The second kappa shape index (κ2) is 5.67. The molecular weight excluding hydrogens is 269 g/mol. The number of carbonyl (C=O) groups excluding carboxylic acids is 1. The van der Waals surface area contributed by atoms with Gasteiger partial charge in [-0.25, -0.2) is 9.37 Å². The fraction of sp³-hybridized carbons (Fsp3) is 0.0769. The Balaban J connectivity index is 2.19. The van der Waals surface area contributed by atoms with Crippen molar-refractivity contribution in [2.75, 3.05) is 5.32 Å². The van der Waals surface area contributed by atoms with Crippen molar-refractivity contribution in [2.24, 2.45) is 5.73 Å². The Kier molecular flexibility index (Phi) is 3.97. The van der Waals surface area contributed by atoms with Gasteiger partial charge in [-0.2, -0.15) is 0 Å². The molecule has 1 aromatic heterocycles. The molecule has 98 valence electrons. The van der Waals surface area contributed by atoms with E-state index in [1.54, 1.807) is 24.3 Å². The Labute approximate surface area is 114 Å². The molecule has 1 amide bonds. The highest BCUT2D eigenvalue weighted by molar-refractivity contribution is 6.29. The summed E-state index contributed by atoms with van der Waals surface area (Å²) in [6.07, 6.45) is 1.03. The molecule has 1 heterocycles. The van der Waals surface area contributed by atoms with Crippen molar-refractivity contribution in [3.8, 4) is 0 Å². The third-order valence-electron chi connectivity index (χ3n) is 2.57. The SMILES string of the molecule is NC(=O)c1ccccc1CNc1cc(Cl)ncc1F. The minimum Gasteiger partial charge on any atom is -0.378 e. The van der Waals surface area contributed by atoms with Crippen molar-refractivity contribution in [2.45, 2.75) is 6.54 Å². The van der Waals surface area contributed by atoms with E-state index >= 15 is 0 Å². The van der Waals surface area contributed by atoms with Crippen molar-refractivity contribution in [3.63, 3.8) is 0 Å². The van der Waals surface area contributed by atoms with Gasteiger partial charge in [0.15, 0.2) is 5.82 Å². The molecule has 6 heteroatoms. The lowest BCUT2D eigenvalue weighted by Gasteiger charge is -2.10. The lowest BCUT2D eigenvalue weighted by atomic mass is 10.1. The largest absolute Gasteiger partial charge is 0.378 e. The second-order valence-corrected chi connectivity index (χ2v) is 4.25. The van der Waals surface area contributed by atoms with Crippen LogP contribution in [0.1, 0.15) is 15.9 Å². The Morgan fingerprint density at radius 2 is 2.16 bits per heavy atom. The maximum Gasteiger partial charge on any atom is 0.249 e. The number of nitrogens with two attached hydrogens (primary N) is 1. The van der Waals surface area contributed by atoms with E-state index < -0.39 is 11.7 Å². The quantitative estimate of drug-likeness (QED) is 0.845. The fourth-order valence-electron chi connectivity index (χ4n) is 1.65. The van der Waals surface area contributed by atoms with E-state index in [1.165, 1.54) is 6.07 Å². The van der Waals surface area contributed by atoms with Crippen LogP contribution < -0.4 is 11.1 Å². The van der Waals surface area contributed by atoms with Gasteiger partial charge in [0.1, 0.15) is 5.15 Å². The van der Waals surface area contributed by atoms with Crippen LogP contribution in [0.3, 0.4) is 0 Å². The van der Waals surface area contributed by atoms with Crippen molar-refractivity contribution >= 4 is 23.2 Å². The lowest BCUT2D eigenvalue weighted by molar-refractivity contribution is 0.0999. The number of anilines is 1. The normalized spacial score (nSPS) is 10.2. The highest BCUT2D eigenvalue weighted by Crippen LogP contribution is 2.18. The fourth-order valence-corrected chi connectivity index (χ4v) is 1.81. The number of hydrogen-bond donors (Lipinski definition) is 2. The number of amides is 1. The zero-order valence-corrected chi connectivity index (χ0v) is 10.6. The standard InChI is InChI=1S/C13H11ClFN3O/c14-12-5-11(10(15)7-18-12)17-6-8-3-1-2-4-9(8)13(16)19/h1-5,7H,6H2,(H2,16,19)(H,17,18). The van der Waals surface area contributed by atoms with E-state index in [4.69, 9.17) is 17.3 Å². The van der Waals surface area contributed by atoms with Gasteiger partial charge in [-0.3, -0.25) is 4.79 Å². The summed E-state index contributed by atoms with van der Waals surface area (Å²) in [5, 5.41) is 3.05. The average molecular weight is 280 g/mol. The number of nitrogens with zero attached hydrogens (tertiary/aromatic N) is 1. The number of halogens is 2. The monoisotopic (exact) mass is 279 g/mol. The molecule has 0 bridgehead atoms. The molecule has 1 aromatic carbocycles. The molecule has 0 aliphatic rings. The number of pyridine rings is 1. The molecule has 0 saturated carbocycles. The van der Waals surface area contributed by atoms with Gasteiger partial charge in [-0.1, -0.05) is 29.8 Å². The molecule has 0 radical (unpaired) electrons. The number of benzene rings is 1. The molecule has 0 spiro atoms. The van der Waals surface area contributed by atoms with Crippen LogP contribution in [0.4, 0.5) is 10.1 Å². The molecule has 3 N–H and O–H groups in total. The summed E-state index contributed by atoms with van der Waals surface area (Å²) in [6.45, 7) is 0.260. The predicted octanol–water partition coefficient (Wildman–Crippen LogP) is 2.59. The molecule has 2 rings (SSSR count). The van der Waals surface area contributed by atoms with Crippen molar-refractivity contribution < 1.29 is 9.18 Å². The Morgan fingerprint density at radius 3 is 2.89 bits per heavy atom. The maximum absolute atomic E-state index is 13.5. The predicted molar refractivity (Wildman–Crippen MR) is 71.5 cm³/mol. The highest BCUT2D eigenvalue weighted by atomic mass is 35.5. The third-order valence-corrected chi connectivity index (χ3v) is 2.78. The lowest BCUT2D eigenvalue weighted by Crippen LogP contribution is -2.15. The van der Waals surface area contributed by atoms with Crippen LogP contribution in [-0.4, -0.2) is 10.9 Å². The van der Waals surface area contributed by atoms with Gasteiger partial charge in [-0.15, -0.1) is 0 Å². The van der Waals surface area contributed by atoms with Crippen LogP contribution in [0, 0.1) is 5.82 Å². The van der Waals surface area contributed by atoms with Gasteiger partial charge in [0.25, 0.3) is 0 Å². The van der Waals surface area contributed by atoms with E-state index in [0.29, 0.717) is 11.1 Å². The van der Waals surface area contributed by atoms with Crippen molar-refractivity contribution in [1.82, 2.24) is 4.98 Å². The number of carbonyl (C=O) groups is 1. The summed E-state index contributed by atoms with van der Waals surface area (Å²) in [7, 11) is 0. The molecule has 0 saturated heterocycles. The molecule has 0 aliphatic carbocycles. The van der Waals surface area contributed by atoms with Gasteiger partial charge < -0.3 is 11.1 Å². The average Bonchev–Trinajstić information content (AvgIpc) is 2.40. The Bertz CT molecular complexity index is 619. The molecule has 2 aromatic rings. The number of aromatic nitrogens is 1. The summed E-state index contributed by atoms with van der Waals surface area (Å²) in [5.74, 6) is -1.04. The van der Waals surface area contributed by atoms with Crippen molar-refractivity contribution in [3.05, 3.63) is 58.6 Å². The summed E-state index contributed by atoms with van der Waals surface area (Å²) >= 11 is 5.69. The first kappa shape index (κ1) is 13.3. The minimum absolute atomic E-state index is 0.187. The van der Waals surface area contributed by atoms with Crippen LogP contribution in [0.25, 0.3) is 0 Å². The zero-order valence-electron chi connectivity index (χ0n) is 9.86. The molecular formula is C13H11ClFN3O.